The zero-order valence-electron chi connectivity index (χ0n) is 11.3. The van der Waals surface area contributed by atoms with Gasteiger partial charge in [-0.25, -0.2) is 8.42 Å². The minimum Gasteiger partial charge on any atom is -0.228 e. The Labute approximate surface area is 118 Å². The molecule has 9 heteroatoms. The molecule has 0 heterocycles. The molecule has 0 aromatic heterocycles. The molecule has 0 aromatic carbocycles. The van der Waals surface area contributed by atoms with Gasteiger partial charge in [-0.15, -0.1) is 0 Å². The maximum Gasteiger partial charge on any atom is 0.417 e. The van der Waals surface area contributed by atoms with Crippen molar-refractivity contribution in [2.75, 3.05) is 6.26 Å². The van der Waals surface area contributed by atoms with Crippen molar-refractivity contribution in [1.29, 1.82) is 0 Å². The van der Waals surface area contributed by atoms with Crippen molar-refractivity contribution in [3.8, 4) is 0 Å². The van der Waals surface area contributed by atoms with E-state index < -0.39 is 39.3 Å². The highest BCUT2D eigenvalue weighted by molar-refractivity contribution is 7.92. The summed E-state index contributed by atoms with van der Waals surface area (Å²) in [6.07, 6.45) is -10.9. The van der Waals surface area contributed by atoms with E-state index in [9.17, 15) is 34.8 Å². The largest absolute Gasteiger partial charge is 0.417 e. The quantitative estimate of drug-likeness (QED) is 0.735. The Bertz CT molecular complexity index is 493. The van der Waals surface area contributed by atoms with Gasteiger partial charge < -0.3 is 0 Å². The molecule has 2 rings (SSSR count). The third kappa shape index (κ3) is 2.55. The highest BCUT2D eigenvalue weighted by Gasteiger charge is 2.77. The van der Waals surface area contributed by atoms with E-state index in [1.165, 1.54) is 0 Å². The Morgan fingerprint density at radius 2 is 1.48 bits per heavy atom. The molecule has 0 N–H and O–H groups in total. The zero-order chi connectivity index (χ0) is 16.3. The predicted octanol–water partition coefficient (Wildman–Crippen LogP) is 3.72. The first-order valence-corrected chi connectivity index (χ1v) is 8.52. The Hall–Kier alpha value is -0.470. The monoisotopic (exact) mass is 338 g/mol. The number of halogens is 6. The molecule has 0 amide bonds. The van der Waals surface area contributed by atoms with E-state index in [4.69, 9.17) is 0 Å². The third-order valence-corrected chi connectivity index (χ3v) is 6.88. The molecule has 2 nitrogen and oxygen atoms in total. The second-order valence-corrected chi connectivity index (χ2v) is 8.48. The van der Waals surface area contributed by atoms with Crippen LogP contribution < -0.4 is 0 Å². The van der Waals surface area contributed by atoms with E-state index in [1.807, 2.05) is 0 Å². The first-order chi connectivity index (χ1) is 9.29. The maximum atomic E-state index is 13.2. The third-order valence-electron chi connectivity index (χ3n) is 4.98. The van der Waals surface area contributed by atoms with Gasteiger partial charge in [0.25, 0.3) is 4.75 Å². The van der Waals surface area contributed by atoms with E-state index in [1.54, 1.807) is 0 Å². The van der Waals surface area contributed by atoms with E-state index in [-0.39, 0.29) is 24.5 Å². The summed E-state index contributed by atoms with van der Waals surface area (Å²) < 4.78 is 97.3. The van der Waals surface area contributed by atoms with Crippen LogP contribution in [0.25, 0.3) is 0 Å². The number of rotatable bonds is 3. The summed E-state index contributed by atoms with van der Waals surface area (Å²) in [5, 5.41) is 0. The molecule has 21 heavy (non-hydrogen) atoms. The molecule has 0 radical (unpaired) electrons. The van der Waals surface area contributed by atoms with Crippen LogP contribution in [0.3, 0.4) is 0 Å². The van der Waals surface area contributed by atoms with Gasteiger partial charge in [-0.1, -0.05) is 6.42 Å². The van der Waals surface area contributed by atoms with Gasteiger partial charge in [0.1, 0.15) is 0 Å². The van der Waals surface area contributed by atoms with Crippen molar-refractivity contribution in [1.82, 2.24) is 0 Å². The highest BCUT2D eigenvalue weighted by Crippen LogP contribution is 2.57. The topological polar surface area (TPSA) is 34.1 Å². The fraction of sp³-hybridized carbons (Fsp3) is 1.00. The molecule has 0 aliphatic heterocycles. The summed E-state index contributed by atoms with van der Waals surface area (Å²) in [7, 11) is -5.40. The summed E-state index contributed by atoms with van der Waals surface area (Å²) in [4.78, 5) is 0. The lowest BCUT2D eigenvalue weighted by Gasteiger charge is -2.38. The van der Waals surface area contributed by atoms with E-state index in [0.717, 1.165) is 6.42 Å². The molecule has 3 unspecified atom stereocenters. The SMILES string of the molecule is CS(=O)(=O)C(CC1CC2CCC1C2)(C(F)(F)F)C(F)(F)F. The molecule has 2 aliphatic rings. The van der Waals surface area contributed by atoms with Crippen molar-refractivity contribution in [2.24, 2.45) is 17.8 Å². The van der Waals surface area contributed by atoms with Crippen molar-refractivity contribution >= 4 is 9.84 Å². The van der Waals surface area contributed by atoms with Gasteiger partial charge in [0, 0.05) is 6.26 Å². The van der Waals surface area contributed by atoms with Crippen LogP contribution in [0.15, 0.2) is 0 Å². The molecular weight excluding hydrogens is 322 g/mol. The maximum absolute atomic E-state index is 13.2. The Balaban J connectivity index is 2.45. The average molecular weight is 338 g/mol. The molecule has 0 aromatic rings. The normalized spacial score (nSPS) is 30.9. The van der Waals surface area contributed by atoms with Crippen LogP contribution in [0.4, 0.5) is 26.3 Å². The van der Waals surface area contributed by atoms with Crippen LogP contribution in [0.2, 0.25) is 0 Å². The molecule has 3 atom stereocenters. The first kappa shape index (κ1) is 16.9. The molecule has 0 spiro atoms. The van der Waals surface area contributed by atoms with Crippen molar-refractivity contribution in [2.45, 2.75) is 49.2 Å². The highest BCUT2D eigenvalue weighted by atomic mass is 32.2. The van der Waals surface area contributed by atoms with Crippen molar-refractivity contribution < 1.29 is 34.8 Å². The fourth-order valence-corrected chi connectivity index (χ4v) is 5.32. The minimum absolute atomic E-state index is 0.0290. The lowest BCUT2D eigenvalue weighted by Crippen LogP contribution is -2.62. The van der Waals surface area contributed by atoms with Gasteiger partial charge in [-0.2, -0.15) is 26.3 Å². The van der Waals surface area contributed by atoms with E-state index in [0.29, 0.717) is 12.8 Å². The molecule has 2 fully saturated rings. The number of hydrogen-bond acceptors (Lipinski definition) is 2. The van der Waals surface area contributed by atoms with E-state index in [2.05, 4.69) is 0 Å². The Morgan fingerprint density at radius 3 is 1.76 bits per heavy atom. The number of alkyl halides is 6. The van der Waals surface area contributed by atoms with Crippen LogP contribution in [-0.4, -0.2) is 31.8 Å². The standard InChI is InChI=1S/C12H16F6O2S/c1-21(19,20)10(11(13,14)15,12(16,17)18)6-9-5-7-2-3-8(9)4-7/h7-9H,2-6H2,1H3. The minimum atomic E-state index is -5.87. The summed E-state index contributed by atoms with van der Waals surface area (Å²) in [5.74, 6) is -0.915. The second-order valence-electron chi connectivity index (χ2n) is 6.23. The summed E-state index contributed by atoms with van der Waals surface area (Å²) >= 11 is 0. The smallest absolute Gasteiger partial charge is 0.228 e. The number of hydrogen-bond donors (Lipinski definition) is 0. The number of fused-ring (bicyclic) bond motifs is 2. The lowest BCUT2D eigenvalue weighted by molar-refractivity contribution is -0.271. The Kier molecular flexibility index (Phi) is 3.83. The van der Waals surface area contributed by atoms with Gasteiger partial charge >= 0.3 is 12.4 Å². The van der Waals surface area contributed by atoms with Crippen LogP contribution in [0.1, 0.15) is 32.1 Å². The molecule has 124 valence electrons. The molecular formula is C12H16F6O2S. The van der Waals surface area contributed by atoms with Gasteiger partial charge in [-0.05, 0) is 43.4 Å². The molecule has 2 bridgehead atoms. The molecule has 2 saturated carbocycles. The summed E-state index contributed by atoms with van der Waals surface area (Å²) in [5.41, 5.74) is 0. The fourth-order valence-electron chi connectivity index (χ4n) is 3.96. The van der Waals surface area contributed by atoms with Gasteiger partial charge in [0.2, 0.25) is 0 Å². The van der Waals surface area contributed by atoms with E-state index >= 15 is 0 Å². The predicted molar refractivity (Wildman–Crippen MR) is 63.2 cm³/mol. The van der Waals surface area contributed by atoms with Crippen molar-refractivity contribution in [3.05, 3.63) is 0 Å². The summed E-state index contributed by atoms with van der Waals surface area (Å²) in [6, 6.07) is 0. The number of sulfone groups is 1. The van der Waals surface area contributed by atoms with Gasteiger partial charge in [-0.3, -0.25) is 0 Å². The van der Waals surface area contributed by atoms with Crippen LogP contribution in [0.5, 0.6) is 0 Å². The average Bonchev–Trinajstić information content (AvgIpc) is 2.81. The van der Waals surface area contributed by atoms with Gasteiger partial charge in [0.05, 0.1) is 0 Å². The first-order valence-electron chi connectivity index (χ1n) is 6.62. The molecule has 0 saturated heterocycles. The summed E-state index contributed by atoms with van der Waals surface area (Å²) in [6.45, 7) is 0. The molecule has 2 aliphatic carbocycles. The second kappa shape index (κ2) is 4.76. The van der Waals surface area contributed by atoms with Crippen LogP contribution in [0, 0.1) is 17.8 Å². The zero-order valence-corrected chi connectivity index (χ0v) is 12.1. The van der Waals surface area contributed by atoms with Crippen LogP contribution in [-0.2, 0) is 9.84 Å². The van der Waals surface area contributed by atoms with Gasteiger partial charge in [0.15, 0.2) is 9.84 Å². The van der Waals surface area contributed by atoms with Crippen molar-refractivity contribution in [3.63, 3.8) is 0 Å². The lowest BCUT2D eigenvalue weighted by atomic mass is 9.81. The Morgan fingerprint density at radius 1 is 0.952 bits per heavy atom. The van der Waals surface area contributed by atoms with Crippen LogP contribution >= 0.6 is 0 Å².